The molecule has 1 saturated heterocycles. The Labute approximate surface area is 145 Å². The van der Waals surface area contributed by atoms with E-state index in [9.17, 15) is 18.0 Å². The van der Waals surface area contributed by atoms with Crippen molar-refractivity contribution in [1.82, 2.24) is 4.72 Å². The first-order valence-corrected chi connectivity index (χ1v) is 10.4. The van der Waals surface area contributed by atoms with E-state index in [1.165, 1.54) is 23.9 Å². The highest BCUT2D eigenvalue weighted by atomic mass is 32.2. The number of nitrogens with one attached hydrogen (secondary N) is 1. The average molecular weight is 372 g/mol. The predicted molar refractivity (Wildman–Crippen MR) is 92.8 cm³/mol. The van der Waals surface area contributed by atoms with Crippen LogP contribution in [0.3, 0.4) is 0 Å². The second kappa shape index (κ2) is 8.00. The second-order valence-electron chi connectivity index (χ2n) is 5.44. The summed E-state index contributed by atoms with van der Waals surface area (Å²) in [5, 5.41) is 9.15. The first-order valence-electron chi connectivity index (χ1n) is 7.49. The third-order valence-electron chi connectivity index (χ3n) is 3.74. The Morgan fingerprint density at radius 2 is 2.04 bits per heavy atom. The molecule has 1 fully saturated rings. The Hall–Kier alpha value is -1.58. The molecule has 0 saturated carbocycles. The van der Waals surface area contributed by atoms with Crippen molar-refractivity contribution in [3.8, 4) is 0 Å². The number of carbonyl (C=O) groups excluding carboxylic acids is 1. The van der Waals surface area contributed by atoms with Crippen molar-refractivity contribution >= 4 is 39.3 Å². The van der Waals surface area contributed by atoms with E-state index in [1.54, 1.807) is 17.0 Å². The third kappa shape index (κ3) is 4.49. The van der Waals surface area contributed by atoms with Crippen molar-refractivity contribution in [1.29, 1.82) is 0 Å². The number of sulfonamides is 1. The monoisotopic (exact) mass is 372 g/mol. The summed E-state index contributed by atoms with van der Waals surface area (Å²) in [6.07, 6.45) is 3.31. The molecule has 0 spiro atoms. The summed E-state index contributed by atoms with van der Waals surface area (Å²) >= 11 is 1.45. The van der Waals surface area contributed by atoms with E-state index in [2.05, 4.69) is 4.72 Å². The van der Waals surface area contributed by atoms with Crippen molar-refractivity contribution < 1.29 is 23.1 Å². The molecule has 1 amide bonds. The van der Waals surface area contributed by atoms with Crippen LogP contribution < -0.4 is 9.62 Å². The van der Waals surface area contributed by atoms with Crippen molar-refractivity contribution in [2.45, 2.75) is 30.2 Å². The summed E-state index contributed by atoms with van der Waals surface area (Å²) in [6, 6.07) is 4.74. The smallest absolute Gasteiger partial charge is 0.321 e. The third-order valence-corrected chi connectivity index (χ3v) is 5.87. The van der Waals surface area contributed by atoms with Crippen LogP contribution in [0.5, 0.6) is 0 Å². The lowest BCUT2D eigenvalue weighted by molar-refractivity contribution is -0.139. The number of nitrogens with zero attached hydrogens (tertiary/aromatic N) is 1. The standard InChI is InChI=1S/C15H20N2O5S2/c1-23-10-8-13(15(19)20)16-24(21,22)12-6-4-11(5-7-12)17-9-2-3-14(17)18/h4-7,13,16H,2-3,8-10H2,1H3,(H,19,20). The Morgan fingerprint density at radius 1 is 1.38 bits per heavy atom. The van der Waals surface area contributed by atoms with Gasteiger partial charge in [0.2, 0.25) is 15.9 Å². The minimum absolute atomic E-state index is 0.0201. The molecule has 9 heteroatoms. The molecule has 1 aliphatic rings. The van der Waals surface area contributed by atoms with Crippen molar-refractivity contribution in [2.24, 2.45) is 0 Å². The number of amides is 1. The van der Waals surface area contributed by atoms with Gasteiger partial charge in [-0.3, -0.25) is 9.59 Å². The maximum absolute atomic E-state index is 12.3. The van der Waals surface area contributed by atoms with Gasteiger partial charge >= 0.3 is 5.97 Å². The molecule has 1 aliphatic heterocycles. The van der Waals surface area contributed by atoms with Gasteiger partial charge in [-0.15, -0.1) is 0 Å². The van der Waals surface area contributed by atoms with Crippen LogP contribution in [0.25, 0.3) is 0 Å². The fraction of sp³-hybridized carbons (Fsp3) is 0.467. The van der Waals surface area contributed by atoms with Gasteiger partial charge in [0.15, 0.2) is 0 Å². The van der Waals surface area contributed by atoms with Crippen LogP contribution >= 0.6 is 11.8 Å². The summed E-state index contributed by atoms with van der Waals surface area (Å²) < 4.78 is 26.9. The number of hydrogen-bond acceptors (Lipinski definition) is 5. The number of rotatable bonds is 8. The number of carboxylic acids is 1. The zero-order chi connectivity index (χ0) is 17.7. The van der Waals surface area contributed by atoms with E-state index in [4.69, 9.17) is 5.11 Å². The molecule has 1 atom stereocenters. The molecule has 1 aromatic carbocycles. The van der Waals surface area contributed by atoms with E-state index in [1.807, 2.05) is 6.26 Å². The summed E-state index contributed by atoms with van der Waals surface area (Å²) in [7, 11) is -3.93. The van der Waals surface area contributed by atoms with Crippen molar-refractivity contribution in [3.05, 3.63) is 24.3 Å². The highest BCUT2D eigenvalue weighted by molar-refractivity contribution is 7.98. The molecule has 1 heterocycles. The maximum atomic E-state index is 12.3. The van der Waals surface area contributed by atoms with Gasteiger partial charge in [-0.25, -0.2) is 8.42 Å². The lowest BCUT2D eigenvalue weighted by atomic mass is 10.2. The van der Waals surface area contributed by atoms with Gasteiger partial charge in [-0.2, -0.15) is 16.5 Å². The van der Waals surface area contributed by atoms with Gasteiger partial charge in [0, 0.05) is 18.7 Å². The van der Waals surface area contributed by atoms with Crippen LogP contribution in [0.1, 0.15) is 19.3 Å². The van der Waals surface area contributed by atoms with Crippen LogP contribution in [0.15, 0.2) is 29.2 Å². The molecule has 2 rings (SSSR count). The van der Waals surface area contributed by atoms with Gasteiger partial charge in [-0.05, 0) is 49.1 Å². The van der Waals surface area contributed by atoms with Crippen LogP contribution in [-0.2, 0) is 19.6 Å². The van der Waals surface area contributed by atoms with E-state index in [-0.39, 0.29) is 17.2 Å². The Balaban J connectivity index is 2.13. The fourth-order valence-corrected chi connectivity index (χ4v) is 4.15. The van der Waals surface area contributed by atoms with Crippen LogP contribution in [0, 0.1) is 0 Å². The summed E-state index contributed by atoms with van der Waals surface area (Å²) in [6.45, 7) is 0.624. The molecular formula is C15H20N2O5S2. The number of aliphatic carboxylic acids is 1. The average Bonchev–Trinajstić information content (AvgIpc) is 2.97. The van der Waals surface area contributed by atoms with E-state index in [0.29, 0.717) is 24.4 Å². The molecule has 132 valence electrons. The summed E-state index contributed by atoms with van der Waals surface area (Å²) in [5.74, 6) is -0.645. The quantitative estimate of drug-likeness (QED) is 0.713. The molecule has 24 heavy (non-hydrogen) atoms. The highest BCUT2D eigenvalue weighted by Crippen LogP contribution is 2.23. The largest absolute Gasteiger partial charge is 0.480 e. The number of hydrogen-bond donors (Lipinski definition) is 2. The lowest BCUT2D eigenvalue weighted by Crippen LogP contribution is -2.41. The first kappa shape index (κ1) is 18.8. The maximum Gasteiger partial charge on any atom is 0.321 e. The molecule has 1 aromatic rings. The van der Waals surface area contributed by atoms with E-state index < -0.39 is 22.0 Å². The summed E-state index contributed by atoms with van der Waals surface area (Å²) in [5.41, 5.74) is 0.647. The molecule has 2 N–H and O–H groups in total. The Bertz CT molecular complexity index is 703. The van der Waals surface area contributed by atoms with Crippen LogP contribution in [-0.4, -0.2) is 50.0 Å². The molecule has 0 bridgehead atoms. The van der Waals surface area contributed by atoms with Gasteiger partial charge in [0.05, 0.1) is 4.90 Å². The SMILES string of the molecule is CSCCC(NS(=O)(=O)c1ccc(N2CCCC2=O)cc1)C(=O)O. The lowest BCUT2D eigenvalue weighted by Gasteiger charge is -2.17. The van der Waals surface area contributed by atoms with Crippen molar-refractivity contribution in [2.75, 3.05) is 23.5 Å². The Kier molecular flexibility index (Phi) is 6.25. The topological polar surface area (TPSA) is 104 Å². The normalized spacial score (nSPS) is 16.4. The van der Waals surface area contributed by atoms with Gasteiger partial charge < -0.3 is 10.0 Å². The minimum Gasteiger partial charge on any atom is -0.480 e. The molecule has 0 aromatic heterocycles. The van der Waals surface area contributed by atoms with Gasteiger partial charge in [0.25, 0.3) is 0 Å². The highest BCUT2D eigenvalue weighted by Gasteiger charge is 2.26. The zero-order valence-electron chi connectivity index (χ0n) is 13.3. The second-order valence-corrected chi connectivity index (χ2v) is 8.14. The number of benzene rings is 1. The van der Waals surface area contributed by atoms with Crippen molar-refractivity contribution in [3.63, 3.8) is 0 Å². The Morgan fingerprint density at radius 3 is 2.54 bits per heavy atom. The number of thioether (sulfide) groups is 1. The molecule has 1 unspecified atom stereocenters. The molecule has 0 radical (unpaired) electrons. The minimum atomic E-state index is -3.93. The van der Waals surface area contributed by atoms with E-state index in [0.717, 1.165) is 6.42 Å². The van der Waals surface area contributed by atoms with Crippen LogP contribution in [0.2, 0.25) is 0 Å². The van der Waals surface area contributed by atoms with Gasteiger partial charge in [-0.1, -0.05) is 0 Å². The molecular weight excluding hydrogens is 352 g/mol. The number of carbonyl (C=O) groups is 2. The van der Waals surface area contributed by atoms with Crippen LogP contribution in [0.4, 0.5) is 5.69 Å². The number of carboxylic acid groups (broad SMARTS) is 1. The summed E-state index contributed by atoms with van der Waals surface area (Å²) in [4.78, 5) is 24.5. The van der Waals surface area contributed by atoms with E-state index >= 15 is 0 Å². The molecule has 0 aliphatic carbocycles. The predicted octanol–water partition coefficient (Wildman–Crippen LogP) is 1.30. The van der Waals surface area contributed by atoms with Gasteiger partial charge in [0.1, 0.15) is 6.04 Å². The molecule has 7 nitrogen and oxygen atoms in total. The number of anilines is 1. The zero-order valence-corrected chi connectivity index (χ0v) is 14.9. The fourth-order valence-electron chi connectivity index (χ4n) is 2.45. The first-order chi connectivity index (χ1) is 11.3.